The van der Waals surface area contributed by atoms with E-state index in [1.54, 1.807) is 0 Å². The average Bonchev–Trinajstić information content (AvgIpc) is 2.92. The zero-order chi connectivity index (χ0) is 11.4. The largest absolute Gasteiger partial charge is 0.332 e. The van der Waals surface area contributed by atoms with Gasteiger partial charge in [-0.3, -0.25) is 4.99 Å². The van der Waals surface area contributed by atoms with E-state index in [1.807, 2.05) is 12.4 Å². The fraction of sp³-hybridized carbons (Fsp3) is 0.385. The van der Waals surface area contributed by atoms with Crippen molar-refractivity contribution < 1.29 is 4.79 Å². The number of carbonyl (C=O) groups excluding carboxylic acids is 1. The minimum Gasteiger partial charge on any atom is -0.332 e. The average molecular weight is 227 g/mol. The first kappa shape index (κ1) is 9.22. The Morgan fingerprint density at radius 3 is 3.24 bits per heavy atom. The van der Waals surface area contributed by atoms with Gasteiger partial charge >= 0.3 is 6.03 Å². The minimum atomic E-state index is -0.0441. The monoisotopic (exact) mass is 227 g/mol. The van der Waals surface area contributed by atoms with E-state index >= 15 is 0 Å². The van der Waals surface area contributed by atoms with E-state index in [0.717, 1.165) is 12.8 Å². The summed E-state index contributed by atoms with van der Waals surface area (Å²) in [5, 5.41) is 5.98. The third-order valence-electron chi connectivity index (χ3n) is 4.11. The quantitative estimate of drug-likeness (QED) is 0.643. The SMILES string of the molecule is O=C1NC2C=CC3=C4C=NC=C4CCC3C2N1. The van der Waals surface area contributed by atoms with Gasteiger partial charge in [0.1, 0.15) is 0 Å². The summed E-state index contributed by atoms with van der Waals surface area (Å²) in [6.07, 6.45) is 10.3. The van der Waals surface area contributed by atoms with Crippen LogP contribution in [0.4, 0.5) is 4.79 Å². The first-order valence-electron chi connectivity index (χ1n) is 6.05. The van der Waals surface area contributed by atoms with Crippen LogP contribution in [0.15, 0.2) is 40.1 Å². The summed E-state index contributed by atoms with van der Waals surface area (Å²) in [6, 6.07) is 0.323. The van der Waals surface area contributed by atoms with Crippen LogP contribution in [-0.2, 0) is 0 Å². The Hall–Kier alpha value is -1.84. The van der Waals surface area contributed by atoms with E-state index in [2.05, 4.69) is 27.8 Å². The zero-order valence-electron chi connectivity index (χ0n) is 9.31. The highest BCUT2D eigenvalue weighted by Gasteiger charge is 2.42. The lowest BCUT2D eigenvalue weighted by atomic mass is 9.73. The molecule has 2 N–H and O–H groups in total. The zero-order valence-corrected chi connectivity index (χ0v) is 9.31. The molecule has 0 radical (unpaired) electrons. The molecule has 4 nitrogen and oxygen atoms in total. The molecule has 0 aromatic rings. The van der Waals surface area contributed by atoms with Gasteiger partial charge in [-0.05, 0) is 24.0 Å². The number of urea groups is 1. The van der Waals surface area contributed by atoms with Crippen LogP contribution in [-0.4, -0.2) is 24.3 Å². The molecule has 2 amide bonds. The molecular formula is C13H13N3O. The third-order valence-corrected chi connectivity index (χ3v) is 4.11. The number of carbonyl (C=O) groups is 1. The van der Waals surface area contributed by atoms with Crippen molar-refractivity contribution >= 4 is 12.2 Å². The summed E-state index contributed by atoms with van der Waals surface area (Å²) in [5.74, 6) is 0.431. The molecular weight excluding hydrogens is 214 g/mol. The van der Waals surface area contributed by atoms with E-state index in [-0.39, 0.29) is 18.1 Å². The molecule has 0 bridgehead atoms. The summed E-state index contributed by atoms with van der Waals surface area (Å²) in [4.78, 5) is 15.6. The summed E-state index contributed by atoms with van der Waals surface area (Å²) in [6.45, 7) is 0. The summed E-state index contributed by atoms with van der Waals surface area (Å²) in [5.41, 5.74) is 3.96. The smallest absolute Gasteiger partial charge is 0.315 e. The van der Waals surface area contributed by atoms with E-state index in [1.165, 1.54) is 16.7 Å². The van der Waals surface area contributed by atoms with Crippen LogP contribution in [0.25, 0.3) is 0 Å². The number of aliphatic imine (C=N–C) groups is 1. The van der Waals surface area contributed by atoms with E-state index in [4.69, 9.17) is 0 Å². The Morgan fingerprint density at radius 1 is 1.35 bits per heavy atom. The van der Waals surface area contributed by atoms with Crippen molar-refractivity contribution in [3.05, 3.63) is 35.1 Å². The molecule has 4 rings (SSSR count). The Morgan fingerprint density at radius 2 is 2.29 bits per heavy atom. The van der Waals surface area contributed by atoms with Crippen molar-refractivity contribution in [2.24, 2.45) is 10.9 Å². The number of nitrogens with zero attached hydrogens (tertiary/aromatic N) is 1. The lowest BCUT2D eigenvalue weighted by Gasteiger charge is -2.35. The van der Waals surface area contributed by atoms with E-state index < -0.39 is 0 Å². The highest BCUT2D eigenvalue weighted by Crippen LogP contribution is 2.41. The third kappa shape index (κ3) is 1.18. The predicted molar refractivity (Wildman–Crippen MR) is 64.7 cm³/mol. The number of rotatable bonds is 0. The van der Waals surface area contributed by atoms with Gasteiger partial charge in [0.05, 0.1) is 12.1 Å². The molecule has 86 valence electrons. The molecule has 0 aromatic carbocycles. The molecule has 0 aromatic heterocycles. The Bertz CT molecular complexity index is 527. The number of nitrogens with one attached hydrogen (secondary N) is 2. The molecule has 2 heterocycles. The summed E-state index contributed by atoms with van der Waals surface area (Å²) >= 11 is 0. The maximum atomic E-state index is 11.4. The lowest BCUT2D eigenvalue weighted by molar-refractivity contribution is 0.246. The van der Waals surface area contributed by atoms with Crippen LogP contribution < -0.4 is 10.6 Å². The summed E-state index contributed by atoms with van der Waals surface area (Å²) in [7, 11) is 0. The van der Waals surface area contributed by atoms with Gasteiger partial charge in [-0.2, -0.15) is 0 Å². The second-order valence-corrected chi connectivity index (χ2v) is 4.98. The molecule has 2 aliphatic heterocycles. The summed E-state index contributed by atoms with van der Waals surface area (Å²) < 4.78 is 0. The van der Waals surface area contributed by atoms with Crippen molar-refractivity contribution in [3.8, 4) is 0 Å². The number of hydrogen-bond acceptors (Lipinski definition) is 2. The van der Waals surface area contributed by atoms with Gasteiger partial charge in [-0.15, -0.1) is 0 Å². The second kappa shape index (κ2) is 3.09. The fourth-order valence-electron chi connectivity index (χ4n) is 3.32. The molecule has 17 heavy (non-hydrogen) atoms. The van der Waals surface area contributed by atoms with Gasteiger partial charge in [0.2, 0.25) is 0 Å². The Balaban J connectivity index is 1.82. The van der Waals surface area contributed by atoms with Crippen molar-refractivity contribution in [3.63, 3.8) is 0 Å². The molecule has 3 atom stereocenters. The van der Waals surface area contributed by atoms with Crippen molar-refractivity contribution in [1.29, 1.82) is 0 Å². The van der Waals surface area contributed by atoms with Gasteiger partial charge in [0.25, 0.3) is 0 Å². The van der Waals surface area contributed by atoms with Gasteiger partial charge in [-0.1, -0.05) is 12.2 Å². The lowest BCUT2D eigenvalue weighted by Crippen LogP contribution is -2.43. The maximum absolute atomic E-state index is 11.4. The van der Waals surface area contributed by atoms with Crippen LogP contribution in [0.3, 0.4) is 0 Å². The molecule has 1 saturated heterocycles. The number of fused-ring (bicyclic) bond motifs is 4. The molecule has 0 saturated carbocycles. The van der Waals surface area contributed by atoms with Gasteiger partial charge in [-0.25, -0.2) is 4.79 Å². The van der Waals surface area contributed by atoms with Crippen LogP contribution in [0.1, 0.15) is 12.8 Å². The first-order valence-corrected chi connectivity index (χ1v) is 6.05. The normalized spacial score (nSPS) is 37.1. The topological polar surface area (TPSA) is 53.5 Å². The van der Waals surface area contributed by atoms with Crippen LogP contribution in [0.2, 0.25) is 0 Å². The molecule has 3 unspecified atom stereocenters. The van der Waals surface area contributed by atoms with Crippen LogP contribution in [0, 0.1) is 5.92 Å². The predicted octanol–water partition coefficient (Wildman–Crippen LogP) is 1.28. The molecule has 2 aliphatic carbocycles. The fourth-order valence-corrected chi connectivity index (χ4v) is 3.32. The van der Waals surface area contributed by atoms with Crippen LogP contribution in [0.5, 0.6) is 0 Å². The van der Waals surface area contributed by atoms with Gasteiger partial charge in [0, 0.05) is 23.9 Å². The molecule has 4 heteroatoms. The van der Waals surface area contributed by atoms with E-state index in [0.29, 0.717) is 5.92 Å². The van der Waals surface area contributed by atoms with E-state index in [9.17, 15) is 4.79 Å². The van der Waals surface area contributed by atoms with Crippen molar-refractivity contribution in [2.75, 3.05) is 0 Å². The molecule has 0 spiro atoms. The minimum absolute atomic E-state index is 0.0441. The van der Waals surface area contributed by atoms with Crippen LogP contribution >= 0.6 is 0 Å². The Kier molecular flexibility index (Phi) is 1.68. The van der Waals surface area contributed by atoms with Crippen molar-refractivity contribution in [1.82, 2.24) is 10.6 Å². The molecule has 1 fully saturated rings. The maximum Gasteiger partial charge on any atom is 0.315 e. The number of amides is 2. The first-order chi connectivity index (χ1) is 8.33. The number of allylic oxidation sites excluding steroid dienone is 3. The Labute approximate surface area is 99.2 Å². The molecule has 4 aliphatic rings. The van der Waals surface area contributed by atoms with Gasteiger partial charge < -0.3 is 10.6 Å². The van der Waals surface area contributed by atoms with Crippen molar-refractivity contribution in [2.45, 2.75) is 24.9 Å². The number of hydrogen-bond donors (Lipinski definition) is 2. The standard InChI is InChI=1S/C13H13N3O/c17-13-15-11-4-3-8-9(12(11)16-13)2-1-7-5-14-6-10(7)8/h3-6,9,11-12H,1-2H2,(H2,15,16,17). The highest BCUT2D eigenvalue weighted by molar-refractivity contribution is 5.91. The highest BCUT2D eigenvalue weighted by atomic mass is 16.2. The van der Waals surface area contributed by atoms with Gasteiger partial charge in [0.15, 0.2) is 0 Å². The second-order valence-electron chi connectivity index (χ2n) is 4.98.